The van der Waals surface area contributed by atoms with E-state index in [1.165, 1.54) is 0 Å². The molecular formula is C11H21ClN2O2. The summed E-state index contributed by atoms with van der Waals surface area (Å²) in [6, 6.07) is 0.327. The number of carbonyl (C=O) groups is 1. The highest BCUT2D eigenvalue weighted by atomic mass is 35.5. The number of nitrogens with zero attached hydrogens (tertiary/aromatic N) is 1. The maximum absolute atomic E-state index is 12.2. The van der Waals surface area contributed by atoms with Crippen LogP contribution in [0.5, 0.6) is 0 Å². The van der Waals surface area contributed by atoms with Gasteiger partial charge in [-0.1, -0.05) is 0 Å². The minimum absolute atomic E-state index is 0. The van der Waals surface area contributed by atoms with Gasteiger partial charge in [0.05, 0.1) is 12.5 Å². The van der Waals surface area contributed by atoms with Gasteiger partial charge in [-0.05, 0) is 19.8 Å². The summed E-state index contributed by atoms with van der Waals surface area (Å²) in [5, 5.41) is 3.30. The largest absolute Gasteiger partial charge is 0.381 e. The van der Waals surface area contributed by atoms with Crippen molar-refractivity contribution in [3.05, 3.63) is 0 Å². The highest BCUT2D eigenvalue weighted by Crippen LogP contribution is 2.18. The highest BCUT2D eigenvalue weighted by molar-refractivity contribution is 5.85. The third-order valence-electron chi connectivity index (χ3n) is 3.29. The average molecular weight is 249 g/mol. The molecule has 1 unspecified atom stereocenters. The van der Waals surface area contributed by atoms with Gasteiger partial charge in [-0.25, -0.2) is 0 Å². The van der Waals surface area contributed by atoms with Crippen LogP contribution < -0.4 is 5.32 Å². The molecule has 2 rings (SSSR count). The van der Waals surface area contributed by atoms with E-state index in [2.05, 4.69) is 12.2 Å². The molecule has 0 radical (unpaired) electrons. The maximum Gasteiger partial charge on any atom is 0.228 e. The summed E-state index contributed by atoms with van der Waals surface area (Å²) in [7, 11) is 0. The number of hydrogen-bond acceptors (Lipinski definition) is 3. The van der Waals surface area contributed by atoms with Crippen LogP contribution in [0.4, 0.5) is 0 Å². The van der Waals surface area contributed by atoms with Gasteiger partial charge in [0.1, 0.15) is 0 Å². The van der Waals surface area contributed by atoms with Gasteiger partial charge in [-0.3, -0.25) is 4.79 Å². The number of halogens is 1. The molecular weight excluding hydrogens is 228 g/mol. The molecule has 0 aromatic rings. The normalized spacial score (nSPS) is 30.7. The molecule has 1 N–H and O–H groups in total. The smallest absolute Gasteiger partial charge is 0.228 e. The Kier molecular flexibility index (Phi) is 5.52. The van der Waals surface area contributed by atoms with Crippen molar-refractivity contribution < 1.29 is 9.53 Å². The third-order valence-corrected chi connectivity index (χ3v) is 3.29. The van der Waals surface area contributed by atoms with E-state index < -0.39 is 0 Å². The standard InChI is InChI=1S/C11H20N2O2.ClH/c1-9-7-12-4-5-13(9)11(14)10-3-2-6-15-8-10;/h9-10,12H,2-8H2,1H3;1H/t9-,10?;/m1./s1. The average Bonchev–Trinajstić information content (AvgIpc) is 2.30. The summed E-state index contributed by atoms with van der Waals surface area (Å²) >= 11 is 0. The Bertz CT molecular complexity index is 232. The second-order valence-electron chi connectivity index (χ2n) is 4.50. The second-order valence-corrected chi connectivity index (χ2v) is 4.50. The molecule has 1 amide bonds. The van der Waals surface area contributed by atoms with Crippen molar-refractivity contribution in [2.75, 3.05) is 32.8 Å². The van der Waals surface area contributed by atoms with Crippen LogP contribution in [0.3, 0.4) is 0 Å². The number of ether oxygens (including phenoxy) is 1. The minimum Gasteiger partial charge on any atom is -0.381 e. The molecule has 0 bridgehead atoms. The van der Waals surface area contributed by atoms with Crippen LogP contribution in [0.15, 0.2) is 0 Å². The highest BCUT2D eigenvalue weighted by Gasteiger charge is 2.30. The zero-order chi connectivity index (χ0) is 10.7. The van der Waals surface area contributed by atoms with Crippen LogP contribution in [0.1, 0.15) is 19.8 Å². The fourth-order valence-corrected chi connectivity index (χ4v) is 2.34. The molecule has 0 spiro atoms. The van der Waals surface area contributed by atoms with E-state index in [9.17, 15) is 4.79 Å². The van der Waals surface area contributed by atoms with Gasteiger partial charge in [0.25, 0.3) is 0 Å². The van der Waals surface area contributed by atoms with Gasteiger partial charge in [0.15, 0.2) is 0 Å². The molecule has 16 heavy (non-hydrogen) atoms. The SMILES string of the molecule is C[C@@H]1CNCCN1C(=O)C1CCCOC1.Cl. The molecule has 2 aliphatic heterocycles. The number of carbonyl (C=O) groups excluding carboxylic acids is 1. The fraction of sp³-hybridized carbons (Fsp3) is 0.909. The first kappa shape index (κ1) is 13.7. The lowest BCUT2D eigenvalue weighted by molar-refractivity contribution is -0.142. The lowest BCUT2D eigenvalue weighted by Crippen LogP contribution is -2.54. The number of amides is 1. The maximum atomic E-state index is 12.2. The first-order valence-corrected chi connectivity index (χ1v) is 5.88. The monoisotopic (exact) mass is 248 g/mol. The van der Waals surface area contributed by atoms with E-state index in [-0.39, 0.29) is 18.3 Å². The Morgan fingerprint density at radius 1 is 1.50 bits per heavy atom. The summed E-state index contributed by atoms with van der Waals surface area (Å²) in [5.74, 6) is 0.406. The van der Waals surface area contributed by atoms with Crippen LogP contribution in [0.25, 0.3) is 0 Å². The Morgan fingerprint density at radius 2 is 2.31 bits per heavy atom. The molecule has 2 saturated heterocycles. The third kappa shape index (κ3) is 3.09. The van der Waals surface area contributed by atoms with E-state index in [1.807, 2.05) is 4.90 Å². The molecule has 2 heterocycles. The number of rotatable bonds is 1. The molecule has 2 fully saturated rings. The first-order chi connectivity index (χ1) is 7.29. The van der Waals surface area contributed by atoms with Crippen molar-refractivity contribution in [1.82, 2.24) is 10.2 Å². The molecule has 5 heteroatoms. The zero-order valence-corrected chi connectivity index (χ0v) is 10.6. The molecule has 0 aromatic heterocycles. The topological polar surface area (TPSA) is 41.6 Å². The van der Waals surface area contributed by atoms with Crippen LogP contribution in [0.2, 0.25) is 0 Å². The molecule has 4 nitrogen and oxygen atoms in total. The van der Waals surface area contributed by atoms with Crippen molar-refractivity contribution in [1.29, 1.82) is 0 Å². The zero-order valence-electron chi connectivity index (χ0n) is 9.78. The van der Waals surface area contributed by atoms with E-state index in [0.717, 1.165) is 39.1 Å². The van der Waals surface area contributed by atoms with Gasteiger partial charge in [-0.15, -0.1) is 12.4 Å². The molecule has 2 aliphatic rings. The second kappa shape index (κ2) is 6.42. The van der Waals surface area contributed by atoms with Crippen LogP contribution in [0, 0.1) is 5.92 Å². The van der Waals surface area contributed by atoms with Crippen molar-refractivity contribution in [2.45, 2.75) is 25.8 Å². The summed E-state index contributed by atoms with van der Waals surface area (Å²) in [5.41, 5.74) is 0. The Morgan fingerprint density at radius 3 is 2.94 bits per heavy atom. The Hall–Kier alpha value is -0.320. The van der Waals surface area contributed by atoms with E-state index in [1.54, 1.807) is 0 Å². The number of hydrogen-bond donors (Lipinski definition) is 1. The van der Waals surface area contributed by atoms with Crippen molar-refractivity contribution in [2.24, 2.45) is 5.92 Å². The Labute approximate surface area is 103 Å². The van der Waals surface area contributed by atoms with Gasteiger partial charge in [0, 0.05) is 32.3 Å². The number of piperazine rings is 1. The van der Waals surface area contributed by atoms with Crippen molar-refractivity contribution >= 4 is 18.3 Å². The summed E-state index contributed by atoms with van der Waals surface area (Å²) in [6.07, 6.45) is 2.02. The Balaban J connectivity index is 0.00000128. The van der Waals surface area contributed by atoms with E-state index >= 15 is 0 Å². The van der Waals surface area contributed by atoms with Gasteiger partial charge >= 0.3 is 0 Å². The lowest BCUT2D eigenvalue weighted by atomic mass is 9.99. The van der Waals surface area contributed by atoms with Crippen molar-refractivity contribution in [3.63, 3.8) is 0 Å². The first-order valence-electron chi connectivity index (χ1n) is 5.88. The molecule has 2 atom stereocenters. The minimum atomic E-state index is 0. The summed E-state index contributed by atoms with van der Waals surface area (Å²) < 4.78 is 5.37. The van der Waals surface area contributed by atoms with Crippen LogP contribution >= 0.6 is 12.4 Å². The predicted octanol–water partition coefficient (Wildman–Crippen LogP) is 0.655. The van der Waals surface area contributed by atoms with Gasteiger partial charge < -0.3 is 15.0 Å². The fourth-order valence-electron chi connectivity index (χ4n) is 2.34. The summed E-state index contributed by atoms with van der Waals surface area (Å²) in [6.45, 7) is 6.23. The van der Waals surface area contributed by atoms with E-state index in [4.69, 9.17) is 4.74 Å². The molecule has 0 aliphatic carbocycles. The molecule has 94 valence electrons. The van der Waals surface area contributed by atoms with Crippen LogP contribution in [-0.2, 0) is 9.53 Å². The lowest BCUT2D eigenvalue weighted by Gasteiger charge is -2.37. The van der Waals surface area contributed by atoms with E-state index in [0.29, 0.717) is 18.6 Å². The van der Waals surface area contributed by atoms with Gasteiger partial charge in [0.2, 0.25) is 5.91 Å². The number of nitrogens with one attached hydrogen (secondary N) is 1. The summed E-state index contributed by atoms with van der Waals surface area (Å²) in [4.78, 5) is 14.2. The van der Waals surface area contributed by atoms with Crippen molar-refractivity contribution in [3.8, 4) is 0 Å². The predicted molar refractivity (Wildman–Crippen MR) is 64.8 cm³/mol. The van der Waals surface area contributed by atoms with Gasteiger partial charge in [-0.2, -0.15) is 0 Å². The molecule has 0 aromatic carbocycles. The van der Waals surface area contributed by atoms with Crippen LogP contribution in [-0.4, -0.2) is 49.7 Å². The quantitative estimate of drug-likeness (QED) is 0.741. The molecule has 0 saturated carbocycles.